The highest BCUT2D eigenvalue weighted by atomic mass is 35.5. The zero-order chi connectivity index (χ0) is 19.4. The molecule has 0 unspecified atom stereocenters. The standard InChI is InChI=1S/C21H20ClNO3S/c1-16-6-3-4-9-21(16)27(24,25)23(15-17-7-5-8-18(22)14-17)19-10-12-20(26-2)13-11-19/h3-14H,15H2,1-2H3. The lowest BCUT2D eigenvalue weighted by molar-refractivity contribution is 0.415. The van der Waals surface area contributed by atoms with Crippen LogP contribution in [0, 0.1) is 6.92 Å². The van der Waals surface area contributed by atoms with Crippen molar-refractivity contribution in [1.29, 1.82) is 0 Å². The van der Waals surface area contributed by atoms with Crippen molar-refractivity contribution in [1.82, 2.24) is 0 Å². The van der Waals surface area contributed by atoms with E-state index in [0.29, 0.717) is 22.0 Å². The maximum atomic E-state index is 13.5. The lowest BCUT2D eigenvalue weighted by Gasteiger charge is -2.25. The maximum absolute atomic E-state index is 13.5. The van der Waals surface area contributed by atoms with E-state index < -0.39 is 10.0 Å². The molecule has 0 heterocycles. The summed E-state index contributed by atoms with van der Waals surface area (Å²) >= 11 is 6.09. The third kappa shape index (κ3) is 4.26. The molecule has 3 aromatic rings. The first-order chi connectivity index (χ1) is 12.9. The van der Waals surface area contributed by atoms with Gasteiger partial charge >= 0.3 is 0 Å². The summed E-state index contributed by atoms with van der Waals surface area (Å²) in [4.78, 5) is 0.280. The Hall–Kier alpha value is -2.50. The number of hydrogen-bond donors (Lipinski definition) is 0. The van der Waals surface area contributed by atoms with Gasteiger partial charge < -0.3 is 4.74 Å². The summed E-state index contributed by atoms with van der Waals surface area (Å²) in [6.45, 7) is 1.96. The fraction of sp³-hybridized carbons (Fsp3) is 0.143. The van der Waals surface area contributed by atoms with Crippen LogP contribution in [0.15, 0.2) is 77.7 Å². The molecule has 0 fully saturated rings. The molecule has 4 nitrogen and oxygen atoms in total. The third-order valence-electron chi connectivity index (χ3n) is 4.24. The molecule has 3 aromatic carbocycles. The number of ether oxygens (including phenoxy) is 1. The Kier molecular flexibility index (Phi) is 5.73. The highest BCUT2D eigenvalue weighted by molar-refractivity contribution is 7.92. The van der Waals surface area contributed by atoms with E-state index in [9.17, 15) is 8.42 Å². The lowest BCUT2D eigenvalue weighted by atomic mass is 10.2. The molecule has 6 heteroatoms. The number of sulfonamides is 1. The minimum absolute atomic E-state index is 0.170. The summed E-state index contributed by atoms with van der Waals surface area (Å²) in [5.41, 5.74) is 2.05. The number of halogens is 1. The highest BCUT2D eigenvalue weighted by Gasteiger charge is 2.26. The van der Waals surface area contributed by atoms with Crippen LogP contribution in [0.4, 0.5) is 5.69 Å². The van der Waals surface area contributed by atoms with E-state index in [0.717, 1.165) is 5.56 Å². The summed E-state index contributed by atoms with van der Waals surface area (Å²) in [5, 5.41) is 0.565. The topological polar surface area (TPSA) is 46.6 Å². The predicted molar refractivity (Wildman–Crippen MR) is 109 cm³/mol. The average Bonchev–Trinajstić information content (AvgIpc) is 2.66. The first-order valence-corrected chi connectivity index (χ1v) is 10.2. The molecular weight excluding hydrogens is 382 g/mol. The van der Waals surface area contributed by atoms with E-state index >= 15 is 0 Å². The number of aryl methyl sites for hydroxylation is 1. The van der Waals surface area contributed by atoms with Crippen molar-refractivity contribution in [2.24, 2.45) is 0 Å². The van der Waals surface area contributed by atoms with Gasteiger partial charge in [0, 0.05) is 5.02 Å². The Morgan fingerprint density at radius 1 is 0.963 bits per heavy atom. The van der Waals surface area contributed by atoms with Gasteiger partial charge in [0.15, 0.2) is 0 Å². The van der Waals surface area contributed by atoms with E-state index in [2.05, 4.69) is 0 Å². The molecule has 0 spiro atoms. The van der Waals surface area contributed by atoms with E-state index in [4.69, 9.17) is 16.3 Å². The second-order valence-electron chi connectivity index (χ2n) is 6.11. The molecule has 0 atom stereocenters. The van der Waals surface area contributed by atoms with Gasteiger partial charge in [0.05, 0.1) is 24.2 Å². The number of hydrogen-bond acceptors (Lipinski definition) is 3. The van der Waals surface area contributed by atoms with Crippen molar-refractivity contribution in [3.05, 3.63) is 88.9 Å². The Balaban J connectivity index is 2.10. The summed E-state index contributed by atoms with van der Waals surface area (Å²) in [7, 11) is -2.19. The van der Waals surface area contributed by atoms with Crippen LogP contribution in [-0.2, 0) is 16.6 Å². The molecule has 27 heavy (non-hydrogen) atoms. The van der Waals surface area contributed by atoms with Crippen LogP contribution in [-0.4, -0.2) is 15.5 Å². The molecule has 0 aromatic heterocycles. The maximum Gasteiger partial charge on any atom is 0.264 e. The molecule has 0 amide bonds. The summed E-state index contributed by atoms with van der Waals surface area (Å²) in [6.07, 6.45) is 0. The summed E-state index contributed by atoms with van der Waals surface area (Å²) in [5.74, 6) is 0.662. The summed E-state index contributed by atoms with van der Waals surface area (Å²) in [6, 6.07) is 21.1. The minimum Gasteiger partial charge on any atom is -0.497 e. The van der Waals surface area contributed by atoms with Gasteiger partial charge in [0.25, 0.3) is 10.0 Å². The van der Waals surface area contributed by atoms with Gasteiger partial charge in [-0.15, -0.1) is 0 Å². The molecule has 3 rings (SSSR count). The van der Waals surface area contributed by atoms with Crippen LogP contribution in [0.1, 0.15) is 11.1 Å². The zero-order valence-corrected chi connectivity index (χ0v) is 16.7. The zero-order valence-electron chi connectivity index (χ0n) is 15.1. The number of methoxy groups -OCH3 is 1. The molecule has 0 saturated heterocycles. The van der Waals surface area contributed by atoms with Crippen LogP contribution >= 0.6 is 11.6 Å². The fourth-order valence-electron chi connectivity index (χ4n) is 2.83. The summed E-state index contributed by atoms with van der Waals surface area (Å²) < 4.78 is 33.5. The third-order valence-corrected chi connectivity index (χ3v) is 6.41. The van der Waals surface area contributed by atoms with Gasteiger partial charge in [0.1, 0.15) is 5.75 Å². The minimum atomic E-state index is -3.77. The molecule has 0 aliphatic rings. The average molecular weight is 402 g/mol. The Labute approximate surface area is 165 Å². The molecule has 0 bridgehead atoms. The van der Waals surface area contributed by atoms with Gasteiger partial charge in [-0.05, 0) is 60.5 Å². The second-order valence-corrected chi connectivity index (χ2v) is 8.37. The number of nitrogens with zero attached hydrogens (tertiary/aromatic N) is 1. The van der Waals surface area contributed by atoms with Crippen molar-refractivity contribution in [3.63, 3.8) is 0 Å². The van der Waals surface area contributed by atoms with Gasteiger partial charge in [-0.2, -0.15) is 0 Å². The van der Waals surface area contributed by atoms with Crippen molar-refractivity contribution >= 4 is 27.3 Å². The molecule has 0 aliphatic carbocycles. The molecule has 0 saturated carbocycles. The van der Waals surface area contributed by atoms with Crippen LogP contribution in [0.3, 0.4) is 0 Å². The van der Waals surface area contributed by atoms with Crippen molar-refractivity contribution < 1.29 is 13.2 Å². The Morgan fingerprint density at radius 2 is 1.67 bits per heavy atom. The van der Waals surface area contributed by atoms with Gasteiger partial charge in [0.2, 0.25) is 0 Å². The highest BCUT2D eigenvalue weighted by Crippen LogP contribution is 2.29. The van der Waals surface area contributed by atoms with Crippen LogP contribution < -0.4 is 9.04 Å². The van der Waals surface area contributed by atoms with Crippen LogP contribution in [0.5, 0.6) is 5.75 Å². The van der Waals surface area contributed by atoms with E-state index in [1.165, 1.54) is 4.31 Å². The normalized spacial score (nSPS) is 11.2. The van der Waals surface area contributed by atoms with E-state index in [1.807, 2.05) is 18.2 Å². The smallest absolute Gasteiger partial charge is 0.264 e. The molecule has 0 N–H and O–H groups in total. The second kappa shape index (κ2) is 8.03. The fourth-order valence-corrected chi connectivity index (χ4v) is 4.72. The van der Waals surface area contributed by atoms with Gasteiger partial charge in [-0.25, -0.2) is 8.42 Å². The number of benzene rings is 3. The Morgan fingerprint density at radius 3 is 2.30 bits per heavy atom. The molecule has 0 aliphatic heterocycles. The van der Waals surface area contributed by atoms with E-state index in [-0.39, 0.29) is 11.4 Å². The van der Waals surface area contributed by atoms with Crippen molar-refractivity contribution in [2.75, 3.05) is 11.4 Å². The van der Waals surface area contributed by atoms with Crippen LogP contribution in [0.2, 0.25) is 5.02 Å². The van der Waals surface area contributed by atoms with Gasteiger partial charge in [-0.1, -0.05) is 41.9 Å². The van der Waals surface area contributed by atoms with Crippen molar-refractivity contribution in [3.8, 4) is 5.75 Å². The monoisotopic (exact) mass is 401 g/mol. The SMILES string of the molecule is COc1ccc(N(Cc2cccc(Cl)c2)S(=O)(=O)c2ccccc2C)cc1. The van der Waals surface area contributed by atoms with E-state index in [1.54, 1.807) is 68.6 Å². The number of rotatable bonds is 6. The molecule has 140 valence electrons. The Bertz CT molecular complexity index is 1030. The quantitative estimate of drug-likeness (QED) is 0.580. The first kappa shape index (κ1) is 19.3. The largest absolute Gasteiger partial charge is 0.497 e. The van der Waals surface area contributed by atoms with Crippen LogP contribution in [0.25, 0.3) is 0 Å². The molecular formula is C21H20ClNO3S. The predicted octanol–water partition coefficient (Wildman–Crippen LogP) is 5.05. The first-order valence-electron chi connectivity index (χ1n) is 8.38. The number of anilines is 1. The van der Waals surface area contributed by atoms with Crippen molar-refractivity contribution in [2.45, 2.75) is 18.4 Å². The molecule has 0 radical (unpaired) electrons. The lowest BCUT2D eigenvalue weighted by Crippen LogP contribution is -2.31. The van der Waals surface area contributed by atoms with Gasteiger partial charge in [-0.3, -0.25) is 4.31 Å².